The minimum atomic E-state index is 0.364. The van der Waals surface area contributed by atoms with Crippen molar-refractivity contribution in [2.75, 3.05) is 52.9 Å². The van der Waals surface area contributed by atoms with E-state index in [1.54, 1.807) is 0 Å². The van der Waals surface area contributed by atoms with Crippen LogP contribution in [0.15, 0.2) is 0 Å². The molecule has 100 valence electrons. The molecule has 0 aromatic rings. The summed E-state index contributed by atoms with van der Waals surface area (Å²) in [7, 11) is 0. The average molecular weight is 246 g/mol. The molecule has 0 spiro atoms. The van der Waals surface area contributed by atoms with E-state index in [1.807, 2.05) is 0 Å². The number of hydrogen-bond donors (Lipinski definition) is 0. The fraction of sp³-hybridized carbons (Fsp3) is 1.00. The van der Waals surface area contributed by atoms with Crippen LogP contribution < -0.4 is 0 Å². The highest BCUT2D eigenvalue weighted by Gasteiger charge is 2.22. The zero-order valence-electron chi connectivity index (χ0n) is 10.3. The van der Waals surface area contributed by atoms with Gasteiger partial charge in [-0.15, -0.1) is 0 Å². The molecule has 0 saturated carbocycles. The first-order chi connectivity index (χ1) is 8.45. The van der Waals surface area contributed by atoms with Gasteiger partial charge in [0.1, 0.15) is 12.2 Å². The molecule has 0 aromatic carbocycles. The third-order valence-electron chi connectivity index (χ3n) is 2.57. The highest BCUT2D eigenvalue weighted by atomic mass is 16.6. The van der Waals surface area contributed by atoms with Crippen LogP contribution in [0.2, 0.25) is 0 Å². The van der Waals surface area contributed by atoms with E-state index in [4.69, 9.17) is 23.7 Å². The first-order valence-electron chi connectivity index (χ1n) is 6.41. The van der Waals surface area contributed by atoms with Crippen molar-refractivity contribution in [3.8, 4) is 0 Å². The molecule has 0 bridgehead atoms. The lowest BCUT2D eigenvalue weighted by Gasteiger charge is -2.05. The highest BCUT2D eigenvalue weighted by Crippen LogP contribution is 2.09. The molecule has 0 amide bonds. The average Bonchev–Trinajstić information content (AvgIpc) is 3.19. The van der Waals surface area contributed by atoms with Gasteiger partial charge < -0.3 is 23.7 Å². The SMILES string of the molecule is C(COCCCOCC1CO1)COCC1CO1. The Balaban J connectivity index is 1.20. The van der Waals surface area contributed by atoms with E-state index in [1.165, 1.54) is 0 Å². The second-order valence-electron chi connectivity index (χ2n) is 4.38. The van der Waals surface area contributed by atoms with Gasteiger partial charge >= 0.3 is 0 Å². The molecule has 0 N–H and O–H groups in total. The monoisotopic (exact) mass is 246 g/mol. The normalized spacial score (nSPS) is 26.1. The maximum atomic E-state index is 5.46. The maximum absolute atomic E-state index is 5.46. The third-order valence-corrected chi connectivity index (χ3v) is 2.57. The van der Waals surface area contributed by atoms with Crippen LogP contribution in [0.4, 0.5) is 0 Å². The largest absolute Gasteiger partial charge is 0.381 e. The van der Waals surface area contributed by atoms with Gasteiger partial charge in [0, 0.05) is 26.4 Å². The van der Waals surface area contributed by atoms with Crippen LogP contribution >= 0.6 is 0 Å². The summed E-state index contributed by atoms with van der Waals surface area (Å²) in [5.41, 5.74) is 0. The van der Waals surface area contributed by atoms with E-state index in [0.717, 1.165) is 65.7 Å². The van der Waals surface area contributed by atoms with Crippen LogP contribution in [0.5, 0.6) is 0 Å². The smallest absolute Gasteiger partial charge is 0.104 e. The number of epoxide rings is 2. The van der Waals surface area contributed by atoms with E-state index >= 15 is 0 Å². The summed E-state index contributed by atoms with van der Waals surface area (Å²) in [5.74, 6) is 0. The van der Waals surface area contributed by atoms with Crippen LogP contribution in [0.3, 0.4) is 0 Å². The van der Waals surface area contributed by atoms with Crippen molar-refractivity contribution in [1.29, 1.82) is 0 Å². The lowest BCUT2D eigenvalue weighted by molar-refractivity contribution is 0.0570. The van der Waals surface area contributed by atoms with E-state index in [2.05, 4.69) is 0 Å². The molecule has 0 radical (unpaired) electrons. The van der Waals surface area contributed by atoms with Crippen molar-refractivity contribution < 1.29 is 23.7 Å². The summed E-state index contributed by atoms with van der Waals surface area (Å²) in [6.45, 7) is 6.23. The second-order valence-corrected chi connectivity index (χ2v) is 4.38. The highest BCUT2D eigenvalue weighted by molar-refractivity contribution is 4.67. The molecule has 5 heteroatoms. The minimum Gasteiger partial charge on any atom is -0.381 e. The van der Waals surface area contributed by atoms with Crippen molar-refractivity contribution in [1.82, 2.24) is 0 Å². The van der Waals surface area contributed by atoms with Crippen molar-refractivity contribution in [2.45, 2.75) is 25.0 Å². The van der Waals surface area contributed by atoms with Gasteiger partial charge in [-0.05, 0) is 12.8 Å². The molecule has 0 aromatic heterocycles. The van der Waals surface area contributed by atoms with Crippen molar-refractivity contribution >= 4 is 0 Å². The van der Waals surface area contributed by atoms with Crippen LogP contribution in [0.1, 0.15) is 12.8 Å². The summed E-state index contributed by atoms with van der Waals surface area (Å²) in [6.07, 6.45) is 2.62. The molecule has 2 rings (SSSR count). The molecule has 2 heterocycles. The van der Waals surface area contributed by atoms with Gasteiger partial charge in [0.05, 0.1) is 26.4 Å². The molecule has 5 nitrogen and oxygen atoms in total. The number of hydrogen-bond acceptors (Lipinski definition) is 5. The van der Waals surface area contributed by atoms with Crippen LogP contribution in [-0.4, -0.2) is 65.1 Å². The molecule has 2 saturated heterocycles. The van der Waals surface area contributed by atoms with Crippen molar-refractivity contribution in [2.24, 2.45) is 0 Å². The quantitative estimate of drug-likeness (QED) is 0.373. The second kappa shape index (κ2) is 8.00. The topological polar surface area (TPSA) is 52.8 Å². The molecule has 2 atom stereocenters. The first-order valence-corrected chi connectivity index (χ1v) is 6.41. The zero-order valence-corrected chi connectivity index (χ0v) is 10.3. The van der Waals surface area contributed by atoms with Crippen LogP contribution in [0.25, 0.3) is 0 Å². The fourth-order valence-corrected chi connectivity index (χ4v) is 1.39. The molecular formula is C12H22O5. The Morgan fingerprint density at radius 3 is 1.53 bits per heavy atom. The summed E-state index contributed by atoms with van der Waals surface area (Å²) in [6, 6.07) is 0. The van der Waals surface area contributed by atoms with Gasteiger partial charge in [0.15, 0.2) is 0 Å². The van der Waals surface area contributed by atoms with E-state index in [9.17, 15) is 0 Å². The van der Waals surface area contributed by atoms with Gasteiger partial charge in [0.2, 0.25) is 0 Å². The molecular weight excluding hydrogens is 224 g/mol. The predicted octanol–water partition coefficient (Wildman–Crippen LogP) is 0.614. The Morgan fingerprint density at radius 1 is 0.706 bits per heavy atom. The molecule has 17 heavy (non-hydrogen) atoms. The lowest BCUT2D eigenvalue weighted by atomic mass is 10.4. The van der Waals surface area contributed by atoms with Gasteiger partial charge in [0.25, 0.3) is 0 Å². The van der Waals surface area contributed by atoms with E-state index in [-0.39, 0.29) is 0 Å². The Morgan fingerprint density at radius 2 is 1.12 bits per heavy atom. The van der Waals surface area contributed by atoms with Crippen molar-refractivity contribution in [3.63, 3.8) is 0 Å². The van der Waals surface area contributed by atoms with Gasteiger partial charge in [-0.2, -0.15) is 0 Å². The summed E-state index contributed by atoms with van der Waals surface area (Å²) in [5, 5.41) is 0. The van der Waals surface area contributed by atoms with Crippen LogP contribution in [-0.2, 0) is 23.7 Å². The maximum Gasteiger partial charge on any atom is 0.104 e. The summed E-state index contributed by atoms with van der Waals surface area (Å²) < 4.78 is 26.3. The van der Waals surface area contributed by atoms with Gasteiger partial charge in [-0.1, -0.05) is 0 Å². The molecule has 2 aliphatic heterocycles. The molecule has 0 aliphatic carbocycles. The summed E-state index contributed by atoms with van der Waals surface area (Å²) in [4.78, 5) is 0. The predicted molar refractivity (Wildman–Crippen MR) is 61.2 cm³/mol. The Bertz CT molecular complexity index is 171. The Kier molecular flexibility index (Phi) is 6.23. The minimum absolute atomic E-state index is 0.364. The van der Waals surface area contributed by atoms with Crippen molar-refractivity contribution in [3.05, 3.63) is 0 Å². The number of rotatable bonds is 12. The van der Waals surface area contributed by atoms with E-state index in [0.29, 0.717) is 12.2 Å². The fourth-order valence-electron chi connectivity index (χ4n) is 1.39. The zero-order chi connectivity index (χ0) is 11.8. The Hall–Kier alpha value is -0.200. The standard InChI is InChI=1S/C12H22O5/c1(5-14-7-11-9-16-11)3-13-4-2-6-15-8-12-10-17-12/h11-12H,1-10H2. The summed E-state index contributed by atoms with van der Waals surface area (Å²) >= 11 is 0. The van der Waals surface area contributed by atoms with Crippen LogP contribution in [0, 0.1) is 0 Å². The van der Waals surface area contributed by atoms with E-state index < -0.39 is 0 Å². The third kappa shape index (κ3) is 7.68. The lowest BCUT2D eigenvalue weighted by Crippen LogP contribution is -2.08. The Labute approximate surface area is 102 Å². The van der Waals surface area contributed by atoms with Gasteiger partial charge in [-0.25, -0.2) is 0 Å². The number of ether oxygens (including phenoxy) is 5. The molecule has 2 fully saturated rings. The molecule has 2 unspecified atom stereocenters. The van der Waals surface area contributed by atoms with Gasteiger partial charge in [-0.3, -0.25) is 0 Å². The first kappa shape index (κ1) is 13.2. The molecule has 2 aliphatic rings.